The highest BCUT2D eigenvalue weighted by Crippen LogP contribution is 2.41. The molecular formula is C14H24BrN3O2. The molecule has 1 heterocycles. The van der Waals surface area contributed by atoms with E-state index in [0.717, 1.165) is 23.0 Å². The van der Waals surface area contributed by atoms with Crippen LogP contribution >= 0.6 is 15.9 Å². The lowest BCUT2D eigenvalue weighted by atomic mass is 9.78. The van der Waals surface area contributed by atoms with Crippen molar-refractivity contribution in [2.75, 3.05) is 20.8 Å². The summed E-state index contributed by atoms with van der Waals surface area (Å²) in [6.07, 6.45) is 7.43. The maximum absolute atomic E-state index is 6.58. The Labute approximate surface area is 128 Å². The molecule has 1 aromatic heterocycles. The van der Waals surface area contributed by atoms with Gasteiger partial charge in [0.25, 0.3) is 0 Å². The van der Waals surface area contributed by atoms with Crippen LogP contribution in [-0.2, 0) is 16.0 Å². The number of hydrogen-bond acceptors (Lipinski definition) is 4. The Morgan fingerprint density at radius 3 is 2.70 bits per heavy atom. The van der Waals surface area contributed by atoms with E-state index in [2.05, 4.69) is 21.0 Å². The molecular weight excluding hydrogens is 322 g/mol. The van der Waals surface area contributed by atoms with E-state index in [1.54, 1.807) is 20.4 Å². The van der Waals surface area contributed by atoms with Gasteiger partial charge in [-0.3, -0.25) is 4.68 Å². The molecule has 1 aliphatic carbocycles. The van der Waals surface area contributed by atoms with Gasteiger partial charge in [-0.2, -0.15) is 5.10 Å². The summed E-state index contributed by atoms with van der Waals surface area (Å²) in [5.41, 5.74) is 7.31. The smallest absolute Gasteiger partial charge is 0.0886 e. The van der Waals surface area contributed by atoms with Crippen LogP contribution in [0.1, 0.15) is 43.8 Å². The van der Waals surface area contributed by atoms with Crippen molar-refractivity contribution in [3.63, 3.8) is 0 Å². The van der Waals surface area contributed by atoms with Gasteiger partial charge in [0.2, 0.25) is 0 Å². The van der Waals surface area contributed by atoms with Gasteiger partial charge < -0.3 is 15.2 Å². The van der Waals surface area contributed by atoms with Crippen LogP contribution in [0.2, 0.25) is 0 Å². The number of nitrogens with two attached hydrogens (primary N) is 1. The van der Waals surface area contributed by atoms with Crippen molar-refractivity contribution in [1.82, 2.24) is 9.78 Å². The molecule has 20 heavy (non-hydrogen) atoms. The molecule has 0 spiro atoms. The van der Waals surface area contributed by atoms with E-state index in [0.29, 0.717) is 13.2 Å². The summed E-state index contributed by atoms with van der Waals surface area (Å²) in [5, 5.41) is 4.39. The fraction of sp³-hybridized carbons (Fsp3) is 0.786. The van der Waals surface area contributed by atoms with E-state index in [1.165, 1.54) is 19.3 Å². The number of ether oxygens (including phenoxy) is 2. The van der Waals surface area contributed by atoms with Crippen molar-refractivity contribution >= 4 is 15.9 Å². The SMILES string of the molecule is COCCn1ncc(Br)c1C(N)C1(OC)CCCCC1. The highest BCUT2D eigenvalue weighted by Gasteiger charge is 2.41. The fourth-order valence-corrected chi connectivity index (χ4v) is 3.62. The molecule has 2 rings (SSSR count). The largest absolute Gasteiger partial charge is 0.383 e. The zero-order chi connectivity index (χ0) is 14.6. The lowest BCUT2D eigenvalue weighted by Crippen LogP contribution is -2.45. The standard InChI is InChI=1S/C14H24BrN3O2/c1-19-9-8-18-12(11(15)10-17-18)13(16)14(20-2)6-4-3-5-7-14/h10,13H,3-9,16H2,1-2H3. The monoisotopic (exact) mass is 345 g/mol. The van der Waals surface area contributed by atoms with Gasteiger partial charge in [-0.15, -0.1) is 0 Å². The number of halogens is 1. The van der Waals surface area contributed by atoms with Gasteiger partial charge in [0.05, 0.1) is 41.2 Å². The first kappa shape index (κ1) is 15.9. The summed E-state index contributed by atoms with van der Waals surface area (Å²) >= 11 is 3.57. The number of rotatable bonds is 6. The Kier molecular flexibility index (Phi) is 5.60. The average Bonchev–Trinajstić information content (AvgIpc) is 2.85. The molecule has 1 aliphatic rings. The van der Waals surface area contributed by atoms with Crippen molar-refractivity contribution in [3.05, 3.63) is 16.4 Å². The predicted octanol–water partition coefficient (Wildman–Crippen LogP) is 2.64. The lowest BCUT2D eigenvalue weighted by molar-refractivity contribution is -0.0615. The minimum atomic E-state index is -0.272. The summed E-state index contributed by atoms with van der Waals surface area (Å²) in [6.45, 7) is 1.32. The van der Waals surface area contributed by atoms with Crippen LogP contribution in [0.25, 0.3) is 0 Å². The van der Waals surface area contributed by atoms with E-state index in [-0.39, 0.29) is 11.6 Å². The van der Waals surface area contributed by atoms with Crippen molar-refractivity contribution < 1.29 is 9.47 Å². The van der Waals surface area contributed by atoms with Crippen LogP contribution in [0.4, 0.5) is 0 Å². The highest BCUT2D eigenvalue weighted by molar-refractivity contribution is 9.10. The summed E-state index contributed by atoms with van der Waals surface area (Å²) < 4.78 is 13.9. The van der Waals surface area contributed by atoms with Crippen molar-refractivity contribution in [2.45, 2.75) is 50.3 Å². The first-order chi connectivity index (χ1) is 9.64. The molecule has 1 saturated carbocycles. The first-order valence-electron chi connectivity index (χ1n) is 7.15. The maximum Gasteiger partial charge on any atom is 0.0886 e. The Morgan fingerprint density at radius 2 is 2.10 bits per heavy atom. The van der Waals surface area contributed by atoms with Gasteiger partial charge in [-0.25, -0.2) is 0 Å². The second-order valence-corrected chi connectivity index (χ2v) is 6.26. The van der Waals surface area contributed by atoms with E-state index < -0.39 is 0 Å². The zero-order valence-corrected chi connectivity index (χ0v) is 13.9. The summed E-state index contributed by atoms with van der Waals surface area (Å²) in [6, 6.07) is -0.179. The normalized spacial score (nSPS) is 20.0. The Hall–Kier alpha value is -0.430. The van der Waals surface area contributed by atoms with Gasteiger partial charge in [-0.1, -0.05) is 19.3 Å². The Balaban J connectivity index is 2.26. The van der Waals surface area contributed by atoms with Crippen LogP contribution in [0.3, 0.4) is 0 Å². The summed E-state index contributed by atoms with van der Waals surface area (Å²) in [7, 11) is 3.46. The van der Waals surface area contributed by atoms with Gasteiger partial charge >= 0.3 is 0 Å². The molecule has 0 bridgehead atoms. The molecule has 1 aromatic rings. The second-order valence-electron chi connectivity index (χ2n) is 5.40. The molecule has 2 N–H and O–H groups in total. The summed E-state index contributed by atoms with van der Waals surface area (Å²) in [5.74, 6) is 0. The predicted molar refractivity (Wildman–Crippen MR) is 81.6 cm³/mol. The second kappa shape index (κ2) is 7.02. The third kappa shape index (κ3) is 3.08. The van der Waals surface area contributed by atoms with E-state index in [9.17, 15) is 0 Å². The van der Waals surface area contributed by atoms with Crippen molar-refractivity contribution in [2.24, 2.45) is 5.73 Å². The molecule has 1 fully saturated rings. The van der Waals surface area contributed by atoms with Crippen molar-refractivity contribution in [3.8, 4) is 0 Å². The molecule has 5 nitrogen and oxygen atoms in total. The van der Waals surface area contributed by atoms with Gasteiger partial charge in [0.15, 0.2) is 0 Å². The van der Waals surface area contributed by atoms with Crippen LogP contribution in [0.15, 0.2) is 10.7 Å². The van der Waals surface area contributed by atoms with Crippen LogP contribution in [0, 0.1) is 0 Å². The van der Waals surface area contributed by atoms with E-state index in [1.807, 2.05) is 4.68 Å². The topological polar surface area (TPSA) is 62.3 Å². The number of aromatic nitrogens is 2. The minimum absolute atomic E-state index is 0.179. The maximum atomic E-state index is 6.58. The third-order valence-electron chi connectivity index (χ3n) is 4.31. The molecule has 114 valence electrons. The van der Waals surface area contributed by atoms with Gasteiger partial charge in [0, 0.05) is 14.2 Å². The average molecular weight is 346 g/mol. The third-order valence-corrected chi connectivity index (χ3v) is 4.92. The molecule has 6 heteroatoms. The minimum Gasteiger partial charge on any atom is -0.383 e. The molecule has 1 unspecified atom stereocenters. The van der Waals surface area contributed by atoms with E-state index in [4.69, 9.17) is 15.2 Å². The summed E-state index contributed by atoms with van der Waals surface area (Å²) in [4.78, 5) is 0. The Bertz CT molecular complexity index is 430. The molecule has 0 radical (unpaired) electrons. The van der Waals surface area contributed by atoms with Crippen LogP contribution in [0.5, 0.6) is 0 Å². The van der Waals surface area contributed by atoms with Gasteiger partial charge in [0.1, 0.15) is 0 Å². The fourth-order valence-electron chi connectivity index (χ4n) is 3.08. The number of hydrogen-bond donors (Lipinski definition) is 1. The quantitative estimate of drug-likeness (QED) is 0.860. The highest BCUT2D eigenvalue weighted by atomic mass is 79.9. The Morgan fingerprint density at radius 1 is 1.40 bits per heavy atom. The van der Waals surface area contributed by atoms with Crippen molar-refractivity contribution in [1.29, 1.82) is 0 Å². The van der Waals surface area contributed by atoms with E-state index >= 15 is 0 Å². The lowest BCUT2D eigenvalue weighted by Gasteiger charge is -2.41. The molecule has 1 atom stereocenters. The number of methoxy groups -OCH3 is 2. The molecule has 0 aromatic carbocycles. The molecule has 0 aliphatic heterocycles. The van der Waals surface area contributed by atoms with Gasteiger partial charge in [-0.05, 0) is 28.8 Å². The zero-order valence-electron chi connectivity index (χ0n) is 12.3. The molecule has 0 saturated heterocycles. The first-order valence-corrected chi connectivity index (χ1v) is 7.95. The molecule has 0 amide bonds. The number of nitrogens with zero attached hydrogens (tertiary/aromatic N) is 2. The van der Waals surface area contributed by atoms with Crippen LogP contribution in [-0.4, -0.2) is 36.2 Å². The van der Waals surface area contributed by atoms with Crippen LogP contribution < -0.4 is 5.73 Å².